The van der Waals surface area contributed by atoms with Crippen molar-refractivity contribution in [2.45, 2.75) is 25.9 Å². The van der Waals surface area contributed by atoms with Gasteiger partial charge in [0.05, 0.1) is 6.61 Å². The monoisotopic (exact) mass is 120 g/mol. The second-order valence-corrected chi connectivity index (χ2v) is 1.84. The first kappa shape index (κ1) is 7.89. The Kier molecular flexibility index (Phi) is 4.97. The molecule has 0 aromatic heterocycles. The largest absolute Gasteiger partial charge is 0.382 e. The molecule has 0 aliphatic carbocycles. The second-order valence-electron chi connectivity index (χ2n) is 1.84. The van der Waals surface area contributed by atoms with E-state index in [9.17, 15) is 4.39 Å². The van der Waals surface area contributed by atoms with Gasteiger partial charge in [-0.05, 0) is 6.42 Å². The van der Waals surface area contributed by atoms with Crippen molar-refractivity contribution < 1.29 is 9.13 Å². The van der Waals surface area contributed by atoms with Crippen molar-refractivity contribution in [3.8, 4) is 0 Å². The molecular formula is C6H13FO. The zero-order valence-electron chi connectivity index (χ0n) is 5.48. The molecule has 0 aromatic carbocycles. The van der Waals surface area contributed by atoms with Gasteiger partial charge in [0, 0.05) is 7.11 Å². The van der Waals surface area contributed by atoms with Crippen LogP contribution in [0.4, 0.5) is 4.39 Å². The third-order valence-corrected chi connectivity index (χ3v) is 0.949. The van der Waals surface area contributed by atoms with Crippen LogP contribution in [-0.4, -0.2) is 19.9 Å². The van der Waals surface area contributed by atoms with E-state index in [0.717, 1.165) is 6.42 Å². The highest BCUT2D eigenvalue weighted by Gasteiger charge is 2.01. The van der Waals surface area contributed by atoms with Crippen LogP contribution in [0.3, 0.4) is 0 Å². The van der Waals surface area contributed by atoms with E-state index in [0.29, 0.717) is 6.42 Å². The van der Waals surface area contributed by atoms with Gasteiger partial charge in [-0.15, -0.1) is 0 Å². The summed E-state index contributed by atoms with van der Waals surface area (Å²) in [5.41, 5.74) is 0. The van der Waals surface area contributed by atoms with Gasteiger partial charge in [-0.25, -0.2) is 4.39 Å². The van der Waals surface area contributed by atoms with E-state index in [1.54, 1.807) is 0 Å². The van der Waals surface area contributed by atoms with Gasteiger partial charge in [-0.2, -0.15) is 0 Å². The first-order valence-corrected chi connectivity index (χ1v) is 2.94. The van der Waals surface area contributed by atoms with Gasteiger partial charge >= 0.3 is 0 Å². The predicted octanol–water partition coefficient (Wildman–Crippen LogP) is 1.77. The van der Waals surface area contributed by atoms with Crippen molar-refractivity contribution in [3.05, 3.63) is 0 Å². The van der Waals surface area contributed by atoms with E-state index in [2.05, 4.69) is 4.74 Å². The number of hydrogen-bond donors (Lipinski definition) is 0. The van der Waals surface area contributed by atoms with Gasteiger partial charge in [-0.3, -0.25) is 0 Å². The molecular weight excluding hydrogens is 107 g/mol. The lowest BCUT2D eigenvalue weighted by Gasteiger charge is -2.02. The zero-order valence-corrected chi connectivity index (χ0v) is 5.48. The molecule has 0 rings (SSSR count). The minimum Gasteiger partial charge on any atom is -0.382 e. The molecule has 1 atom stereocenters. The Morgan fingerprint density at radius 1 is 1.62 bits per heavy atom. The molecule has 0 bridgehead atoms. The van der Waals surface area contributed by atoms with Crippen molar-refractivity contribution in [2.24, 2.45) is 0 Å². The number of rotatable bonds is 4. The van der Waals surface area contributed by atoms with Crippen LogP contribution in [0, 0.1) is 0 Å². The van der Waals surface area contributed by atoms with Crippen LogP contribution >= 0.6 is 0 Å². The smallest absolute Gasteiger partial charge is 0.123 e. The van der Waals surface area contributed by atoms with Crippen molar-refractivity contribution in [2.75, 3.05) is 13.7 Å². The van der Waals surface area contributed by atoms with Gasteiger partial charge in [0.1, 0.15) is 6.17 Å². The maximum Gasteiger partial charge on any atom is 0.123 e. The summed E-state index contributed by atoms with van der Waals surface area (Å²) in [6, 6.07) is 0. The van der Waals surface area contributed by atoms with Crippen LogP contribution in [0.2, 0.25) is 0 Å². The Morgan fingerprint density at radius 2 is 2.25 bits per heavy atom. The second kappa shape index (κ2) is 5.04. The topological polar surface area (TPSA) is 9.23 Å². The highest BCUT2D eigenvalue weighted by molar-refractivity contribution is 4.50. The van der Waals surface area contributed by atoms with Crippen LogP contribution < -0.4 is 0 Å². The molecule has 0 aliphatic rings. The Balaban J connectivity index is 2.92. The number of methoxy groups -OCH3 is 1. The summed E-state index contributed by atoms with van der Waals surface area (Å²) in [4.78, 5) is 0. The normalized spacial score (nSPS) is 13.9. The van der Waals surface area contributed by atoms with Crippen molar-refractivity contribution in [3.63, 3.8) is 0 Å². The molecule has 50 valence electrons. The standard InChI is InChI=1S/C6H13FO/c1-3-4-6(7)5-8-2/h6H,3-5H2,1-2H3/t6-/m0/s1. The molecule has 0 N–H and O–H groups in total. The van der Waals surface area contributed by atoms with Crippen LogP contribution in [0.25, 0.3) is 0 Å². The molecule has 2 heteroatoms. The van der Waals surface area contributed by atoms with E-state index >= 15 is 0 Å². The molecule has 0 saturated heterocycles. The number of ether oxygens (including phenoxy) is 1. The van der Waals surface area contributed by atoms with Gasteiger partial charge < -0.3 is 4.74 Å². The van der Waals surface area contributed by atoms with Gasteiger partial charge in [-0.1, -0.05) is 13.3 Å². The maximum atomic E-state index is 12.3. The highest BCUT2D eigenvalue weighted by Crippen LogP contribution is 2.00. The third-order valence-electron chi connectivity index (χ3n) is 0.949. The number of alkyl halides is 1. The minimum absolute atomic E-state index is 0.244. The molecule has 8 heavy (non-hydrogen) atoms. The molecule has 0 radical (unpaired) electrons. The fraction of sp³-hybridized carbons (Fsp3) is 1.00. The lowest BCUT2D eigenvalue weighted by atomic mass is 10.2. The lowest BCUT2D eigenvalue weighted by Crippen LogP contribution is -2.06. The minimum atomic E-state index is -0.759. The first-order chi connectivity index (χ1) is 3.81. The summed E-state index contributed by atoms with van der Waals surface area (Å²) in [6.45, 7) is 2.20. The fourth-order valence-corrected chi connectivity index (χ4v) is 0.577. The number of hydrogen-bond acceptors (Lipinski definition) is 1. The van der Waals surface area contributed by atoms with E-state index in [-0.39, 0.29) is 6.61 Å². The average molecular weight is 120 g/mol. The first-order valence-electron chi connectivity index (χ1n) is 2.94. The molecule has 0 spiro atoms. The Hall–Kier alpha value is -0.110. The van der Waals surface area contributed by atoms with Gasteiger partial charge in [0.25, 0.3) is 0 Å². The van der Waals surface area contributed by atoms with E-state index in [4.69, 9.17) is 0 Å². The average Bonchev–Trinajstić information content (AvgIpc) is 1.68. The summed E-state index contributed by atoms with van der Waals surface area (Å²) < 4.78 is 16.9. The zero-order chi connectivity index (χ0) is 6.41. The van der Waals surface area contributed by atoms with E-state index < -0.39 is 6.17 Å². The molecule has 0 unspecified atom stereocenters. The van der Waals surface area contributed by atoms with Crippen LogP contribution in [0.5, 0.6) is 0 Å². The predicted molar refractivity (Wildman–Crippen MR) is 31.7 cm³/mol. The molecule has 0 heterocycles. The molecule has 0 aliphatic heterocycles. The van der Waals surface area contributed by atoms with Crippen LogP contribution in [0.1, 0.15) is 19.8 Å². The summed E-state index contributed by atoms with van der Waals surface area (Å²) in [5, 5.41) is 0. The van der Waals surface area contributed by atoms with E-state index in [1.807, 2.05) is 6.92 Å². The number of halogens is 1. The lowest BCUT2D eigenvalue weighted by molar-refractivity contribution is 0.118. The van der Waals surface area contributed by atoms with Gasteiger partial charge in [0.2, 0.25) is 0 Å². The SMILES string of the molecule is CCC[C@H](F)COC. The Morgan fingerprint density at radius 3 is 2.62 bits per heavy atom. The van der Waals surface area contributed by atoms with Crippen LogP contribution in [0.15, 0.2) is 0 Å². The quantitative estimate of drug-likeness (QED) is 0.549. The van der Waals surface area contributed by atoms with E-state index in [1.165, 1.54) is 7.11 Å². The molecule has 0 fully saturated rings. The Bertz CT molecular complexity index is 41.8. The highest BCUT2D eigenvalue weighted by atomic mass is 19.1. The van der Waals surface area contributed by atoms with Crippen LogP contribution in [-0.2, 0) is 4.74 Å². The summed E-state index contributed by atoms with van der Waals surface area (Å²) >= 11 is 0. The summed E-state index contributed by atoms with van der Waals surface area (Å²) in [6.07, 6.45) is 0.753. The summed E-state index contributed by atoms with van der Waals surface area (Å²) in [5.74, 6) is 0. The van der Waals surface area contributed by atoms with Crippen molar-refractivity contribution >= 4 is 0 Å². The fourth-order valence-electron chi connectivity index (χ4n) is 0.577. The van der Waals surface area contributed by atoms with Crippen molar-refractivity contribution in [1.82, 2.24) is 0 Å². The van der Waals surface area contributed by atoms with Gasteiger partial charge in [0.15, 0.2) is 0 Å². The van der Waals surface area contributed by atoms with Crippen molar-refractivity contribution in [1.29, 1.82) is 0 Å². The Labute approximate surface area is 49.8 Å². The summed E-state index contributed by atoms with van der Waals surface area (Å²) in [7, 11) is 1.52. The maximum absolute atomic E-state index is 12.3. The third kappa shape index (κ3) is 4.06. The molecule has 1 nitrogen and oxygen atoms in total. The molecule has 0 amide bonds. The molecule has 0 saturated carbocycles. The molecule has 0 aromatic rings.